The van der Waals surface area contributed by atoms with E-state index in [4.69, 9.17) is 9.47 Å². The van der Waals surface area contributed by atoms with Crippen LogP contribution in [-0.2, 0) is 38.2 Å². The van der Waals surface area contributed by atoms with Crippen molar-refractivity contribution in [2.24, 2.45) is 0 Å². The van der Waals surface area contributed by atoms with Crippen molar-refractivity contribution in [1.82, 2.24) is 19.5 Å². The van der Waals surface area contributed by atoms with Gasteiger partial charge in [0.25, 0.3) is 0 Å². The largest absolute Gasteiger partial charge is 0.375 e. The number of aromatic amines is 1. The Balaban J connectivity index is 1.55. The third kappa shape index (κ3) is 5.16. The number of benzene rings is 1. The molecule has 2 aromatic rings. The molecule has 35 heavy (non-hydrogen) atoms. The Morgan fingerprint density at radius 3 is 2.80 bits per heavy atom. The molecule has 1 N–H and O–H groups in total. The summed E-state index contributed by atoms with van der Waals surface area (Å²) < 4.78 is 55.1. The lowest BCUT2D eigenvalue weighted by molar-refractivity contribution is -0.223. The van der Waals surface area contributed by atoms with Gasteiger partial charge >= 0.3 is 0 Å². The maximum absolute atomic E-state index is 15.3. The molecule has 4 rings (SSSR count). The molecule has 0 saturated carbocycles. The first-order valence-corrected chi connectivity index (χ1v) is 13.1. The van der Waals surface area contributed by atoms with Gasteiger partial charge in [0.2, 0.25) is 10.0 Å². The first-order chi connectivity index (χ1) is 16.8. The first kappa shape index (κ1) is 25.4. The normalized spacial score (nSPS) is 24.4. The smallest absolute Gasteiger partial charge is 0.221 e. The maximum atomic E-state index is 15.3. The average molecular weight is 503 g/mol. The van der Waals surface area contributed by atoms with Gasteiger partial charge in [0, 0.05) is 18.2 Å². The Hall–Kier alpha value is -2.66. The van der Waals surface area contributed by atoms with Gasteiger partial charge in [0.05, 0.1) is 13.2 Å². The Kier molecular flexibility index (Phi) is 7.65. The molecule has 0 unspecified atom stereocenters. The number of aromatic nitrogens is 3. The van der Waals surface area contributed by atoms with Crippen LogP contribution in [0.25, 0.3) is 0 Å². The fourth-order valence-corrected chi connectivity index (χ4v) is 6.66. The zero-order valence-corrected chi connectivity index (χ0v) is 20.8. The minimum Gasteiger partial charge on any atom is -0.375 e. The number of halogens is 1. The third-order valence-electron chi connectivity index (χ3n) is 6.64. The van der Waals surface area contributed by atoms with Crippen LogP contribution in [0, 0.1) is 5.82 Å². The zero-order chi connectivity index (χ0) is 25.1. The van der Waals surface area contributed by atoms with Crippen molar-refractivity contribution >= 4 is 10.0 Å². The highest BCUT2D eigenvalue weighted by molar-refractivity contribution is 7.90. The minimum absolute atomic E-state index is 0.0391. The van der Waals surface area contributed by atoms with Crippen LogP contribution in [-0.4, -0.2) is 52.4 Å². The second kappa shape index (κ2) is 10.5. The van der Waals surface area contributed by atoms with E-state index in [-0.39, 0.29) is 19.2 Å². The van der Waals surface area contributed by atoms with E-state index < -0.39 is 26.7 Å². The van der Waals surface area contributed by atoms with Crippen molar-refractivity contribution in [2.75, 3.05) is 13.2 Å². The summed E-state index contributed by atoms with van der Waals surface area (Å²) in [5.41, 5.74) is 0.818. The lowest BCUT2D eigenvalue weighted by Crippen LogP contribution is -2.49. The molecule has 1 aromatic heterocycles. The van der Waals surface area contributed by atoms with E-state index in [1.807, 2.05) is 19.9 Å². The van der Waals surface area contributed by atoms with E-state index in [0.717, 1.165) is 0 Å². The van der Waals surface area contributed by atoms with E-state index in [2.05, 4.69) is 21.8 Å². The topological polar surface area (TPSA) is 97.4 Å². The van der Waals surface area contributed by atoms with Crippen molar-refractivity contribution in [2.45, 2.75) is 56.7 Å². The fraction of sp³-hybridized carbons (Fsp3) is 0.440. The standard InChI is InChI=1S/C25H31FN4O4S/c1-4-6-7-19(5-2)23-11-8-18(3)30(35(23,31)32)13-20-9-10-21(12-22(20)26)25(15-33-16-25)34-14-24-27-17-28-29-24/h4-7,9-10,12,17-18,23H,2,8,11,13-16H2,1,3H3,(H,27,28,29)/b6-4-,19-7+/t18-,23+/m0/s1. The number of allylic oxidation sites excluding steroid dienone is 4. The summed E-state index contributed by atoms with van der Waals surface area (Å²) in [6.07, 6.45) is 9.58. The van der Waals surface area contributed by atoms with Crippen LogP contribution in [0.1, 0.15) is 43.6 Å². The highest BCUT2D eigenvalue weighted by atomic mass is 32.2. The molecule has 2 saturated heterocycles. The molecular formula is C25H31FN4O4S. The maximum Gasteiger partial charge on any atom is 0.221 e. The molecule has 0 aliphatic carbocycles. The summed E-state index contributed by atoms with van der Waals surface area (Å²) in [4.78, 5) is 4.05. The predicted molar refractivity (Wildman–Crippen MR) is 130 cm³/mol. The number of hydrogen-bond donors (Lipinski definition) is 1. The molecule has 8 nitrogen and oxygen atoms in total. The molecule has 0 radical (unpaired) electrons. The lowest BCUT2D eigenvalue weighted by Gasteiger charge is -2.41. The van der Waals surface area contributed by atoms with E-state index in [9.17, 15) is 8.42 Å². The quantitative estimate of drug-likeness (QED) is 0.525. The third-order valence-corrected chi connectivity index (χ3v) is 9.01. The number of sulfonamides is 1. The van der Waals surface area contributed by atoms with Crippen molar-refractivity contribution in [3.8, 4) is 0 Å². The van der Waals surface area contributed by atoms with Crippen LogP contribution in [0.3, 0.4) is 0 Å². The number of H-pyrrole nitrogens is 1. The van der Waals surface area contributed by atoms with Crippen LogP contribution in [0.5, 0.6) is 0 Å². The van der Waals surface area contributed by atoms with Gasteiger partial charge in [-0.3, -0.25) is 5.10 Å². The molecule has 0 amide bonds. The molecule has 0 bridgehead atoms. The van der Waals surface area contributed by atoms with Crippen LogP contribution < -0.4 is 0 Å². The van der Waals surface area contributed by atoms with Gasteiger partial charge in [0.15, 0.2) is 0 Å². The zero-order valence-electron chi connectivity index (χ0n) is 20.0. The number of rotatable bonds is 9. The highest BCUT2D eigenvalue weighted by Gasteiger charge is 2.43. The molecule has 2 aliphatic heterocycles. The summed E-state index contributed by atoms with van der Waals surface area (Å²) in [5, 5.41) is 5.84. The highest BCUT2D eigenvalue weighted by Crippen LogP contribution is 2.37. The lowest BCUT2D eigenvalue weighted by atomic mass is 9.90. The minimum atomic E-state index is -3.70. The van der Waals surface area contributed by atoms with Crippen LogP contribution in [0.2, 0.25) is 0 Å². The van der Waals surface area contributed by atoms with Gasteiger partial charge in [-0.1, -0.05) is 43.0 Å². The van der Waals surface area contributed by atoms with Crippen molar-refractivity contribution in [3.63, 3.8) is 0 Å². The Labute approximate surface area is 205 Å². The van der Waals surface area contributed by atoms with Crippen molar-refractivity contribution < 1.29 is 22.3 Å². The first-order valence-electron chi connectivity index (χ1n) is 11.6. The van der Waals surface area contributed by atoms with E-state index >= 15 is 4.39 Å². The summed E-state index contributed by atoms with van der Waals surface area (Å²) in [6.45, 7) is 8.26. The molecule has 2 atom stereocenters. The van der Waals surface area contributed by atoms with Crippen LogP contribution >= 0.6 is 0 Å². The van der Waals surface area contributed by atoms with Crippen molar-refractivity contribution in [3.05, 3.63) is 83.8 Å². The monoisotopic (exact) mass is 502 g/mol. The summed E-state index contributed by atoms with van der Waals surface area (Å²) >= 11 is 0. The van der Waals surface area contributed by atoms with E-state index in [1.54, 1.807) is 30.4 Å². The molecular weight excluding hydrogens is 471 g/mol. The second-order valence-corrected chi connectivity index (χ2v) is 11.0. The van der Waals surface area contributed by atoms with E-state index in [1.165, 1.54) is 16.7 Å². The molecule has 3 heterocycles. The molecule has 10 heteroatoms. The average Bonchev–Trinajstić information content (AvgIpc) is 3.32. The molecule has 1 aromatic carbocycles. The summed E-state index contributed by atoms with van der Waals surface area (Å²) in [6, 6.07) is 4.59. The van der Waals surface area contributed by atoms with Crippen LogP contribution in [0.4, 0.5) is 4.39 Å². The van der Waals surface area contributed by atoms with Crippen LogP contribution in [0.15, 0.2) is 61.0 Å². The second-order valence-electron chi connectivity index (χ2n) is 8.92. The Morgan fingerprint density at radius 2 is 2.20 bits per heavy atom. The molecule has 2 fully saturated rings. The van der Waals surface area contributed by atoms with Gasteiger partial charge in [-0.25, -0.2) is 17.8 Å². The number of hydrogen-bond acceptors (Lipinski definition) is 6. The number of nitrogens with one attached hydrogen (secondary N) is 1. The van der Waals surface area contributed by atoms with Gasteiger partial charge in [-0.2, -0.15) is 9.40 Å². The number of nitrogens with zero attached hydrogens (tertiary/aromatic N) is 3. The van der Waals surface area contributed by atoms with Crippen molar-refractivity contribution in [1.29, 1.82) is 0 Å². The van der Waals surface area contributed by atoms with Gasteiger partial charge in [0.1, 0.15) is 35.4 Å². The summed E-state index contributed by atoms with van der Waals surface area (Å²) in [5.74, 6) is 0.0875. The van der Waals surface area contributed by atoms with Gasteiger partial charge in [-0.15, -0.1) is 0 Å². The molecule has 2 aliphatic rings. The number of ether oxygens (including phenoxy) is 2. The Morgan fingerprint density at radius 1 is 1.40 bits per heavy atom. The van der Waals surface area contributed by atoms with Gasteiger partial charge < -0.3 is 9.47 Å². The Bertz CT molecular complexity index is 1210. The van der Waals surface area contributed by atoms with Gasteiger partial charge in [-0.05, 0) is 43.9 Å². The van der Waals surface area contributed by atoms with E-state index in [0.29, 0.717) is 48.6 Å². The summed E-state index contributed by atoms with van der Waals surface area (Å²) in [7, 11) is -3.70. The SMILES string of the molecule is C=C/C(=C\C=C/C)[C@H]1CC[C@H](C)N(Cc2ccc(C3(OCc4ncn[nH]4)COC3)cc2F)S1(=O)=O. The molecule has 188 valence electrons. The predicted octanol–water partition coefficient (Wildman–Crippen LogP) is 3.76. The molecule has 0 spiro atoms. The fourth-order valence-electron chi connectivity index (χ4n) is 4.45.